The third-order valence-electron chi connectivity index (χ3n) is 2.44. The van der Waals surface area contributed by atoms with Crippen molar-refractivity contribution in [2.24, 2.45) is 0 Å². The molecule has 3 heteroatoms. The summed E-state index contributed by atoms with van der Waals surface area (Å²) in [6.45, 7) is 3.95. The Morgan fingerprint density at radius 3 is 2.60 bits per heavy atom. The van der Waals surface area contributed by atoms with Gasteiger partial charge in [-0.2, -0.15) is 11.3 Å². The SMILES string of the molecule is Cc1ccc(C(O)c2cscc2C)cn1. The Balaban J connectivity index is 2.32. The van der Waals surface area contributed by atoms with Gasteiger partial charge in [0.05, 0.1) is 0 Å². The molecule has 2 rings (SSSR count). The zero-order valence-electron chi connectivity index (χ0n) is 8.77. The monoisotopic (exact) mass is 219 g/mol. The minimum Gasteiger partial charge on any atom is -0.384 e. The third-order valence-corrected chi connectivity index (χ3v) is 3.32. The number of rotatable bonds is 2. The molecule has 0 aliphatic carbocycles. The van der Waals surface area contributed by atoms with Gasteiger partial charge in [0.25, 0.3) is 0 Å². The third kappa shape index (κ3) is 2.08. The van der Waals surface area contributed by atoms with E-state index in [9.17, 15) is 5.11 Å². The van der Waals surface area contributed by atoms with Crippen molar-refractivity contribution in [2.45, 2.75) is 20.0 Å². The number of hydrogen-bond acceptors (Lipinski definition) is 3. The van der Waals surface area contributed by atoms with Crippen LogP contribution < -0.4 is 0 Å². The maximum absolute atomic E-state index is 10.1. The van der Waals surface area contributed by atoms with Crippen molar-refractivity contribution in [1.29, 1.82) is 0 Å². The Bertz CT molecular complexity index is 447. The average molecular weight is 219 g/mol. The maximum Gasteiger partial charge on any atom is 0.107 e. The van der Waals surface area contributed by atoms with E-state index in [1.54, 1.807) is 17.5 Å². The van der Waals surface area contributed by atoms with Crippen molar-refractivity contribution in [3.05, 3.63) is 51.5 Å². The van der Waals surface area contributed by atoms with E-state index in [0.717, 1.165) is 22.4 Å². The Kier molecular flexibility index (Phi) is 2.84. The molecule has 0 saturated carbocycles. The van der Waals surface area contributed by atoms with Crippen LogP contribution in [0, 0.1) is 13.8 Å². The first-order valence-electron chi connectivity index (χ1n) is 4.82. The van der Waals surface area contributed by atoms with Crippen LogP contribution in [0.2, 0.25) is 0 Å². The number of nitrogens with zero attached hydrogens (tertiary/aromatic N) is 1. The molecular weight excluding hydrogens is 206 g/mol. The summed E-state index contributed by atoms with van der Waals surface area (Å²) < 4.78 is 0. The van der Waals surface area contributed by atoms with E-state index in [4.69, 9.17) is 0 Å². The molecule has 1 unspecified atom stereocenters. The van der Waals surface area contributed by atoms with E-state index in [1.807, 2.05) is 36.7 Å². The molecule has 1 N–H and O–H groups in total. The zero-order valence-corrected chi connectivity index (χ0v) is 9.58. The molecule has 2 aromatic rings. The summed E-state index contributed by atoms with van der Waals surface area (Å²) >= 11 is 1.61. The summed E-state index contributed by atoms with van der Waals surface area (Å²) in [6.07, 6.45) is 1.18. The highest BCUT2D eigenvalue weighted by Gasteiger charge is 2.13. The molecule has 15 heavy (non-hydrogen) atoms. The fraction of sp³-hybridized carbons (Fsp3) is 0.250. The summed E-state index contributed by atoms with van der Waals surface area (Å²) in [5.41, 5.74) is 3.92. The molecule has 0 fully saturated rings. The quantitative estimate of drug-likeness (QED) is 0.842. The number of aliphatic hydroxyl groups is 1. The minimum absolute atomic E-state index is 0.552. The fourth-order valence-electron chi connectivity index (χ4n) is 1.47. The molecule has 2 heterocycles. The molecule has 0 spiro atoms. The van der Waals surface area contributed by atoms with E-state index in [-0.39, 0.29) is 0 Å². The Labute approximate surface area is 93.2 Å². The molecule has 0 aromatic carbocycles. The smallest absolute Gasteiger partial charge is 0.107 e. The lowest BCUT2D eigenvalue weighted by Crippen LogP contribution is -2.00. The zero-order chi connectivity index (χ0) is 10.8. The fourth-order valence-corrected chi connectivity index (χ4v) is 2.34. The second-order valence-electron chi connectivity index (χ2n) is 3.65. The number of aromatic nitrogens is 1. The lowest BCUT2D eigenvalue weighted by molar-refractivity contribution is 0.219. The van der Waals surface area contributed by atoms with E-state index in [1.165, 1.54) is 0 Å². The Morgan fingerprint density at radius 1 is 1.27 bits per heavy atom. The van der Waals surface area contributed by atoms with E-state index < -0.39 is 6.10 Å². The van der Waals surface area contributed by atoms with Gasteiger partial charge in [0, 0.05) is 17.5 Å². The van der Waals surface area contributed by atoms with Crippen LogP contribution in [0.1, 0.15) is 28.5 Å². The molecule has 78 valence electrons. The van der Waals surface area contributed by atoms with Crippen LogP contribution in [-0.2, 0) is 0 Å². The second kappa shape index (κ2) is 4.13. The molecule has 0 aliphatic rings. The van der Waals surface area contributed by atoms with Gasteiger partial charge in [-0.25, -0.2) is 0 Å². The van der Waals surface area contributed by atoms with Gasteiger partial charge in [0.2, 0.25) is 0 Å². The van der Waals surface area contributed by atoms with Crippen LogP contribution in [0.15, 0.2) is 29.1 Å². The van der Waals surface area contributed by atoms with Crippen molar-refractivity contribution < 1.29 is 5.11 Å². The van der Waals surface area contributed by atoms with Gasteiger partial charge in [0.1, 0.15) is 6.10 Å². The number of hydrogen-bond donors (Lipinski definition) is 1. The van der Waals surface area contributed by atoms with Gasteiger partial charge in [-0.05, 0) is 41.8 Å². The molecule has 2 nitrogen and oxygen atoms in total. The average Bonchev–Trinajstić information content (AvgIpc) is 2.65. The summed E-state index contributed by atoms with van der Waals surface area (Å²) in [5, 5.41) is 14.1. The molecule has 0 bridgehead atoms. The van der Waals surface area contributed by atoms with Crippen molar-refractivity contribution in [1.82, 2.24) is 4.98 Å². The molecule has 0 radical (unpaired) electrons. The van der Waals surface area contributed by atoms with Crippen molar-refractivity contribution >= 4 is 11.3 Å². The van der Waals surface area contributed by atoms with Crippen molar-refractivity contribution in [3.8, 4) is 0 Å². The predicted molar refractivity (Wildman–Crippen MR) is 62.1 cm³/mol. The standard InChI is InChI=1S/C12H13NOS/c1-8-6-15-7-11(8)12(14)10-4-3-9(2)13-5-10/h3-7,12,14H,1-2H3. The highest BCUT2D eigenvalue weighted by Crippen LogP contribution is 2.26. The predicted octanol–water partition coefficient (Wildman–Crippen LogP) is 2.84. The van der Waals surface area contributed by atoms with Gasteiger partial charge in [0.15, 0.2) is 0 Å². The normalized spacial score (nSPS) is 12.7. The van der Waals surface area contributed by atoms with Gasteiger partial charge in [-0.3, -0.25) is 4.98 Å². The first-order valence-corrected chi connectivity index (χ1v) is 5.76. The number of aliphatic hydroxyl groups excluding tert-OH is 1. The van der Waals surface area contributed by atoms with Crippen LogP contribution in [0.5, 0.6) is 0 Å². The Hall–Kier alpha value is -1.19. The largest absolute Gasteiger partial charge is 0.384 e. The molecule has 0 saturated heterocycles. The van der Waals surface area contributed by atoms with Crippen LogP contribution in [0.25, 0.3) is 0 Å². The van der Waals surface area contributed by atoms with Crippen molar-refractivity contribution in [3.63, 3.8) is 0 Å². The van der Waals surface area contributed by atoms with E-state index in [0.29, 0.717) is 0 Å². The lowest BCUT2D eigenvalue weighted by atomic mass is 10.0. The van der Waals surface area contributed by atoms with Crippen LogP contribution in [-0.4, -0.2) is 10.1 Å². The van der Waals surface area contributed by atoms with Crippen molar-refractivity contribution in [2.75, 3.05) is 0 Å². The second-order valence-corrected chi connectivity index (χ2v) is 4.39. The molecule has 0 aliphatic heterocycles. The van der Waals surface area contributed by atoms with Gasteiger partial charge in [-0.1, -0.05) is 6.07 Å². The maximum atomic E-state index is 10.1. The first kappa shape index (κ1) is 10.3. The molecule has 2 aromatic heterocycles. The van der Waals surface area contributed by atoms with Crippen LogP contribution in [0.4, 0.5) is 0 Å². The molecular formula is C12H13NOS. The summed E-state index contributed by atoms with van der Waals surface area (Å²) in [6, 6.07) is 3.84. The van der Waals surface area contributed by atoms with Crippen LogP contribution in [0.3, 0.4) is 0 Å². The number of pyridine rings is 1. The highest BCUT2D eigenvalue weighted by atomic mass is 32.1. The first-order chi connectivity index (χ1) is 7.18. The number of thiophene rings is 1. The summed E-state index contributed by atoms with van der Waals surface area (Å²) in [7, 11) is 0. The van der Waals surface area contributed by atoms with E-state index >= 15 is 0 Å². The summed E-state index contributed by atoms with van der Waals surface area (Å²) in [4.78, 5) is 4.18. The topological polar surface area (TPSA) is 33.1 Å². The minimum atomic E-state index is -0.552. The summed E-state index contributed by atoms with van der Waals surface area (Å²) in [5.74, 6) is 0. The number of aryl methyl sites for hydroxylation is 2. The highest BCUT2D eigenvalue weighted by molar-refractivity contribution is 7.08. The lowest BCUT2D eigenvalue weighted by Gasteiger charge is -2.10. The van der Waals surface area contributed by atoms with Crippen LogP contribution >= 0.6 is 11.3 Å². The molecule has 0 amide bonds. The van der Waals surface area contributed by atoms with Gasteiger partial charge >= 0.3 is 0 Å². The van der Waals surface area contributed by atoms with E-state index in [2.05, 4.69) is 4.98 Å². The van der Waals surface area contributed by atoms with Gasteiger partial charge < -0.3 is 5.11 Å². The Morgan fingerprint density at radius 2 is 2.07 bits per heavy atom. The molecule has 1 atom stereocenters. The van der Waals surface area contributed by atoms with Gasteiger partial charge in [-0.15, -0.1) is 0 Å².